The summed E-state index contributed by atoms with van der Waals surface area (Å²) >= 11 is 0. The van der Waals surface area contributed by atoms with Crippen molar-refractivity contribution in [1.29, 1.82) is 0 Å². The first-order valence-corrected chi connectivity index (χ1v) is 6.01. The number of hydrogen-bond acceptors (Lipinski definition) is 3. The van der Waals surface area contributed by atoms with Crippen LogP contribution in [0.5, 0.6) is 0 Å². The Labute approximate surface area is 88.2 Å². The molecular formula is C11H25N3. The average molecular weight is 199 g/mol. The van der Waals surface area contributed by atoms with Crippen molar-refractivity contribution in [3.8, 4) is 0 Å². The molecule has 1 saturated heterocycles. The van der Waals surface area contributed by atoms with Crippen molar-refractivity contribution in [2.24, 2.45) is 5.73 Å². The second-order valence-electron chi connectivity index (χ2n) is 4.18. The molecule has 3 heteroatoms. The first-order valence-electron chi connectivity index (χ1n) is 6.01. The van der Waals surface area contributed by atoms with Gasteiger partial charge in [-0.3, -0.25) is 0 Å². The summed E-state index contributed by atoms with van der Waals surface area (Å²) in [6.45, 7) is 10.6. The molecule has 0 aliphatic carbocycles. The lowest BCUT2D eigenvalue weighted by atomic mass is 10.2. The summed E-state index contributed by atoms with van der Waals surface area (Å²) in [6.07, 6.45) is 3.81. The monoisotopic (exact) mass is 199 g/mol. The Morgan fingerprint density at radius 2 is 1.43 bits per heavy atom. The molecule has 84 valence electrons. The Kier molecular flexibility index (Phi) is 6.15. The van der Waals surface area contributed by atoms with Crippen LogP contribution in [-0.2, 0) is 0 Å². The van der Waals surface area contributed by atoms with Crippen LogP contribution >= 0.6 is 0 Å². The van der Waals surface area contributed by atoms with Crippen molar-refractivity contribution in [3.05, 3.63) is 0 Å². The van der Waals surface area contributed by atoms with Crippen LogP contribution in [0, 0.1) is 0 Å². The molecule has 1 aliphatic heterocycles. The lowest BCUT2D eigenvalue weighted by molar-refractivity contribution is 0.131. The number of hydrogen-bond donors (Lipinski definition) is 1. The summed E-state index contributed by atoms with van der Waals surface area (Å²) in [5.41, 5.74) is 5.50. The summed E-state index contributed by atoms with van der Waals surface area (Å²) < 4.78 is 0. The van der Waals surface area contributed by atoms with Gasteiger partial charge in [0.1, 0.15) is 0 Å². The van der Waals surface area contributed by atoms with E-state index in [1.54, 1.807) is 0 Å². The lowest BCUT2D eigenvalue weighted by Gasteiger charge is -2.34. The van der Waals surface area contributed by atoms with Gasteiger partial charge in [-0.1, -0.05) is 13.3 Å². The van der Waals surface area contributed by atoms with Crippen LogP contribution in [0.15, 0.2) is 0 Å². The van der Waals surface area contributed by atoms with Crippen LogP contribution in [0.1, 0.15) is 26.2 Å². The summed E-state index contributed by atoms with van der Waals surface area (Å²) in [5, 5.41) is 0. The highest BCUT2D eigenvalue weighted by atomic mass is 15.3. The van der Waals surface area contributed by atoms with Gasteiger partial charge >= 0.3 is 0 Å². The summed E-state index contributed by atoms with van der Waals surface area (Å²) in [4.78, 5) is 5.12. The van der Waals surface area contributed by atoms with E-state index in [1.807, 2.05) is 0 Å². The first kappa shape index (κ1) is 12.0. The fraction of sp³-hybridized carbons (Fsp3) is 1.00. The zero-order valence-electron chi connectivity index (χ0n) is 9.54. The van der Waals surface area contributed by atoms with Gasteiger partial charge in [-0.05, 0) is 32.5 Å². The maximum atomic E-state index is 5.50. The van der Waals surface area contributed by atoms with Gasteiger partial charge in [-0.2, -0.15) is 0 Å². The zero-order valence-corrected chi connectivity index (χ0v) is 9.54. The SMILES string of the molecule is CCCCN1CCN(CCCN)CC1. The zero-order chi connectivity index (χ0) is 10.2. The summed E-state index contributed by atoms with van der Waals surface area (Å²) in [7, 11) is 0. The second-order valence-corrected chi connectivity index (χ2v) is 4.18. The van der Waals surface area contributed by atoms with Gasteiger partial charge in [0.2, 0.25) is 0 Å². The van der Waals surface area contributed by atoms with E-state index in [0.29, 0.717) is 0 Å². The lowest BCUT2D eigenvalue weighted by Crippen LogP contribution is -2.46. The van der Waals surface area contributed by atoms with Crippen LogP contribution in [0.25, 0.3) is 0 Å². The molecule has 1 heterocycles. The fourth-order valence-electron chi connectivity index (χ4n) is 1.93. The maximum absolute atomic E-state index is 5.50. The van der Waals surface area contributed by atoms with Gasteiger partial charge in [0.25, 0.3) is 0 Å². The van der Waals surface area contributed by atoms with Crippen LogP contribution in [0.4, 0.5) is 0 Å². The molecule has 0 aromatic heterocycles. The molecule has 1 aliphatic rings. The van der Waals surface area contributed by atoms with Gasteiger partial charge in [0, 0.05) is 26.2 Å². The normalized spacial score (nSPS) is 20.1. The number of nitrogens with two attached hydrogens (primary N) is 1. The van der Waals surface area contributed by atoms with E-state index in [-0.39, 0.29) is 0 Å². The molecule has 0 unspecified atom stereocenters. The van der Waals surface area contributed by atoms with Gasteiger partial charge in [0.05, 0.1) is 0 Å². The van der Waals surface area contributed by atoms with Crippen LogP contribution in [-0.4, -0.2) is 55.6 Å². The number of unbranched alkanes of at least 4 members (excludes halogenated alkanes) is 1. The molecule has 0 bridgehead atoms. The van der Waals surface area contributed by atoms with Crippen molar-refractivity contribution in [2.45, 2.75) is 26.2 Å². The van der Waals surface area contributed by atoms with Crippen molar-refractivity contribution < 1.29 is 0 Å². The van der Waals surface area contributed by atoms with Crippen molar-refractivity contribution in [1.82, 2.24) is 9.80 Å². The maximum Gasteiger partial charge on any atom is 0.0110 e. The van der Waals surface area contributed by atoms with Crippen molar-refractivity contribution in [2.75, 3.05) is 45.8 Å². The van der Waals surface area contributed by atoms with Gasteiger partial charge in [0.15, 0.2) is 0 Å². The van der Waals surface area contributed by atoms with E-state index in [0.717, 1.165) is 13.0 Å². The molecule has 0 amide bonds. The Balaban J connectivity index is 2.05. The highest BCUT2D eigenvalue weighted by Crippen LogP contribution is 2.03. The molecule has 14 heavy (non-hydrogen) atoms. The molecule has 0 aromatic rings. The highest BCUT2D eigenvalue weighted by Gasteiger charge is 2.14. The van der Waals surface area contributed by atoms with E-state index < -0.39 is 0 Å². The minimum Gasteiger partial charge on any atom is -0.330 e. The largest absolute Gasteiger partial charge is 0.330 e. The standard InChI is InChI=1S/C11H25N3/c1-2-3-6-13-8-10-14(11-9-13)7-4-5-12/h2-12H2,1H3. The predicted octanol–water partition coefficient (Wildman–Crippen LogP) is 0.753. The predicted molar refractivity (Wildman–Crippen MR) is 61.5 cm³/mol. The smallest absolute Gasteiger partial charge is 0.0110 e. The molecular weight excluding hydrogens is 174 g/mol. The van der Waals surface area contributed by atoms with Gasteiger partial charge in [-0.25, -0.2) is 0 Å². The number of nitrogens with zero attached hydrogens (tertiary/aromatic N) is 2. The first-order chi connectivity index (χ1) is 6.86. The van der Waals surface area contributed by atoms with Crippen LogP contribution in [0.3, 0.4) is 0 Å². The number of rotatable bonds is 6. The highest BCUT2D eigenvalue weighted by molar-refractivity contribution is 4.71. The second kappa shape index (κ2) is 7.21. The summed E-state index contributed by atoms with van der Waals surface area (Å²) in [6, 6.07) is 0. The molecule has 0 aromatic carbocycles. The van der Waals surface area contributed by atoms with E-state index in [2.05, 4.69) is 16.7 Å². The third-order valence-electron chi connectivity index (χ3n) is 2.97. The van der Waals surface area contributed by atoms with Crippen LogP contribution < -0.4 is 5.73 Å². The molecule has 0 spiro atoms. The van der Waals surface area contributed by atoms with E-state index >= 15 is 0 Å². The fourth-order valence-corrected chi connectivity index (χ4v) is 1.93. The molecule has 1 fully saturated rings. The van der Waals surface area contributed by atoms with Gasteiger partial charge < -0.3 is 15.5 Å². The minimum atomic E-state index is 0.829. The molecule has 3 nitrogen and oxygen atoms in total. The van der Waals surface area contributed by atoms with E-state index in [9.17, 15) is 0 Å². The quantitative estimate of drug-likeness (QED) is 0.685. The van der Waals surface area contributed by atoms with Crippen molar-refractivity contribution in [3.63, 3.8) is 0 Å². The van der Waals surface area contributed by atoms with Crippen molar-refractivity contribution >= 4 is 0 Å². The Morgan fingerprint density at radius 1 is 0.929 bits per heavy atom. The Hall–Kier alpha value is -0.120. The van der Waals surface area contributed by atoms with Crippen LogP contribution in [0.2, 0.25) is 0 Å². The summed E-state index contributed by atoms with van der Waals surface area (Å²) in [5.74, 6) is 0. The molecule has 2 N–H and O–H groups in total. The number of piperazine rings is 1. The third-order valence-corrected chi connectivity index (χ3v) is 2.97. The average Bonchev–Trinajstić information content (AvgIpc) is 2.25. The molecule has 1 rings (SSSR count). The molecule has 0 saturated carbocycles. The Morgan fingerprint density at radius 3 is 1.86 bits per heavy atom. The van der Waals surface area contributed by atoms with Gasteiger partial charge in [-0.15, -0.1) is 0 Å². The van der Waals surface area contributed by atoms with E-state index in [4.69, 9.17) is 5.73 Å². The third kappa shape index (κ3) is 4.40. The Bertz CT molecular complexity index is 114. The minimum absolute atomic E-state index is 0.829. The topological polar surface area (TPSA) is 32.5 Å². The molecule has 0 atom stereocenters. The molecule has 0 radical (unpaired) electrons. The van der Waals surface area contributed by atoms with E-state index in [1.165, 1.54) is 52.1 Å².